The van der Waals surface area contributed by atoms with Crippen LogP contribution >= 0.6 is 0 Å². The molecule has 0 aromatic heterocycles. The van der Waals surface area contributed by atoms with E-state index in [0.717, 1.165) is 13.2 Å². The van der Waals surface area contributed by atoms with E-state index in [2.05, 4.69) is 4.74 Å². The fourth-order valence-corrected chi connectivity index (χ4v) is 1.24. The molecule has 0 bridgehead atoms. The molecule has 0 aliphatic heterocycles. The van der Waals surface area contributed by atoms with Crippen molar-refractivity contribution in [3.8, 4) is 0 Å². The zero-order valence-corrected chi connectivity index (χ0v) is 8.11. The van der Waals surface area contributed by atoms with Crippen molar-refractivity contribution in [2.75, 3.05) is 7.11 Å². The summed E-state index contributed by atoms with van der Waals surface area (Å²) in [6.45, 7) is 1.41. The minimum absolute atomic E-state index is 0.175. The molecule has 0 unspecified atom stereocenters. The lowest BCUT2D eigenvalue weighted by Gasteiger charge is -2.04. The SMILES string of the molecule is COC(=O)c1c(C)cc(F)cc1[N+](=O)[O-]. The number of methoxy groups -OCH3 is 1. The highest BCUT2D eigenvalue weighted by atomic mass is 19.1. The van der Waals surface area contributed by atoms with Crippen LogP contribution in [0.15, 0.2) is 12.1 Å². The quantitative estimate of drug-likeness (QED) is 0.427. The van der Waals surface area contributed by atoms with E-state index in [1.807, 2.05) is 0 Å². The van der Waals surface area contributed by atoms with Gasteiger partial charge in [-0.3, -0.25) is 10.1 Å². The lowest BCUT2D eigenvalue weighted by molar-refractivity contribution is -0.385. The van der Waals surface area contributed by atoms with E-state index in [0.29, 0.717) is 6.07 Å². The predicted octanol–water partition coefficient (Wildman–Crippen LogP) is 1.83. The number of nitro groups is 1. The van der Waals surface area contributed by atoms with Crippen molar-refractivity contribution in [2.45, 2.75) is 6.92 Å². The molecule has 1 aromatic carbocycles. The molecule has 0 radical (unpaired) electrons. The summed E-state index contributed by atoms with van der Waals surface area (Å²) in [5.74, 6) is -1.61. The van der Waals surface area contributed by atoms with Gasteiger partial charge in [0.05, 0.1) is 18.1 Å². The van der Waals surface area contributed by atoms with Crippen LogP contribution in [0, 0.1) is 22.9 Å². The molecule has 0 aliphatic carbocycles. The first kappa shape index (κ1) is 11.1. The van der Waals surface area contributed by atoms with Crippen molar-refractivity contribution in [1.82, 2.24) is 0 Å². The number of hydrogen-bond acceptors (Lipinski definition) is 4. The first-order valence-electron chi connectivity index (χ1n) is 4.00. The number of nitrogens with zero attached hydrogens (tertiary/aromatic N) is 1. The summed E-state index contributed by atoms with van der Waals surface area (Å²) in [7, 11) is 1.11. The summed E-state index contributed by atoms with van der Waals surface area (Å²) < 4.78 is 17.3. The molecule has 0 N–H and O–H groups in total. The van der Waals surface area contributed by atoms with Gasteiger partial charge in [-0.2, -0.15) is 0 Å². The van der Waals surface area contributed by atoms with Crippen molar-refractivity contribution < 1.29 is 18.8 Å². The van der Waals surface area contributed by atoms with Crippen LogP contribution in [-0.4, -0.2) is 18.0 Å². The number of esters is 1. The molecule has 1 aromatic rings. The number of hydrogen-bond donors (Lipinski definition) is 0. The molecule has 15 heavy (non-hydrogen) atoms. The zero-order valence-electron chi connectivity index (χ0n) is 8.11. The van der Waals surface area contributed by atoms with Crippen molar-refractivity contribution >= 4 is 11.7 Å². The Hall–Kier alpha value is -1.98. The van der Waals surface area contributed by atoms with Crippen LogP contribution in [0.2, 0.25) is 0 Å². The fourth-order valence-electron chi connectivity index (χ4n) is 1.24. The summed E-state index contributed by atoms with van der Waals surface area (Å²) >= 11 is 0. The Labute approximate surface area is 84.6 Å². The molecule has 0 heterocycles. The molecule has 6 heteroatoms. The lowest BCUT2D eigenvalue weighted by atomic mass is 10.1. The second-order valence-corrected chi connectivity index (χ2v) is 2.87. The Morgan fingerprint density at radius 3 is 2.60 bits per heavy atom. The largest absolute Gasteiger partial charge is 0.465 e. The third-order valence-corrected chi connectivity index (χ3v) is 1.87. The maximum Gasteiger partial charge on any atom is 0.345 e. The van der Waals surface area contributed by atoms with Crippen LogP contribution in [0.1, 0.15) is 15.9 Å². The molecule has 1 rings (SSSR count). The van der Waals surface area contributed by atoms with E-state index in [1.54, 1.807) is 0 Å². The van der Waals surface area contributed by atoms with Gasteiger partial charge in [-0.05, 0) is 18.6 Å². The third-order valence-electron chi connectivity index (χ3n) is 1.87. The molecule has 0 spiro atoms. The van der Waals surface area contributed by atoms with E-state index in [1.165, 1.54) is 6.92 Å². The maximum atomic E-state index is 12.9. The minimum atomic E-state index is -0.848. The first-order chi connectivity index (χ1) is 6.97. The van der Waals surface area contributed by atoms with Gasteiger partial charge in [0.15, 0.2) is 0 Å². The van der Waals surface area contributed by atoms with Gasteiger partial charge in [0.2, 0.25) is 0 Å². The standard InChI is InChI=1S/C9H8FNO4/c1-5-3-6(10)4-7(11(13)14)8(5)9(12)15-2/h3-4H,1-2H3. The molecule has 0 amide bonds. The van der Waals surface area contributed by atoms with Gasteiger partial charge in [-0.1, -0.05) is 0 Å². The average Bonchev–Trinajstić information content (AvgIpc) is 2.15. The zero-order chi connectivity index (χ0) is 11.6. The van der Waals surface area contributed by atoms with E-state index >= 15 is 0 Å². The number of aryl methyl sites for hydroxylation is 1. The number of carbonyl (C=O) groups is 1. The van der Waals surface area contributed by atoms with Gasteiger partial charge >= 0.3 is 5.97 Å². The number of ether oxygens (including phenoxy) is 1. The molecule has 0 saturated carbocycles. The molecular formula is C9H8FNO4. The number of rotatable bonds is 2. The molecule has 0 saturated heterocycles. The Bertz CT molecular complexity index is 430. The van der Waals surface area contributed by atoms with Crippen molar-refractivity contribution in [3.05, 3.63) is 39.2 Å². The topological polar surface area (TPSA) is 69.4 Å². The maximum absolute atomic E-state index is 12.9. The van der Waals surface area contributed by atoms with Gasteiger partial charge in [0.25, 0.3) is 5.69 Å². The average molecular weight is 213 g/mol. The van der Waals surface area contributed by atoms with Crippen LogP contribution in [0.25, 0.3) is 0 Å². The first-order valence-corrected chi connectivity index (χ1v) is 4.00. The summed E-state index contributed by atoms with van der Waals surface area (Å²) in [6, 6.07) is 1.73. The van der Waals surface area contributed by atoms with Gasteiger partial charge < -0.3 is 4.74 Å². The Kier molecular flexibility index (Phi) is 2.99. The van der Waals surface area contributed by atoms with Crippen LogP contribution in [0.3, 0.4) is 0 Å². The molecule has 0 fully saturated rings. The van der Waals surface area contributed by atoms with Crippen molar-refractivity contribution in [3.63, 3.8) is 0 Å². The van der Waals surface area contributed by atoms with Crippen LogP contribution in [-0.2, 0) is 4.74 Å². The monoisotopic (exact) mass is 213 g/mol. The van der Waals surface area contributed by atoms with Crippen molar-refractivity contribution in [1.29, 1.82) is 0 Å². The van der Waals surface area contributed by atoms with Gasteiger partial charge in [0.1, 0.15) is 11.4 Å². The normalized spacial score (nSPS) is 9.80. The predicted molar refractivity (Wildman–Crippen MR) is 49.1 cm³/mol. The second-order valence-electron chi connectivity index (χ2n) is 2.87. The molecule has 80 valence electrons. The minimum Gasteiger partial charge on any atom is -0.465 e. The van der Waals surface area contributed by atoms with E-state index in [-0.39, 0.29) is 11.1 Å². The van der Waals surface area contributed by atoms with E-state index in [4.69, 9.17) is 0 Å². The van der Waals surface area contributed by atoms with Gasteiger partial charge in [-0.15, -0.1) is 0 Å². The van der Waals surface area contributed by atoms with Crippen LogP contribution < -0.4 is 0 Å². The molecule has 0 aliphatic rings. The third kappa shape index (κ3) is 2.09. The highest BCUT2D eigenvalue weighted by Gasteiger charge is 2.24. The van der Waals surface area contributed by atoms with Crippen LogP contribution in [0.4, 0.5) is 10.1 Å². The number of benzene rings is 1. The highest BCUT2D eigenvalue weighted by Crippen LogP contribution is 2.24. The van der Waals surface area contributed by atoms with Crippen molar-refractivity contribution in [2.24, 2.45) is 0 Å². The lowest BCUT2D eigenvalue weighted by Crippen LogP contribution is -2.08. The summed E-state index contributed by atoms with van der Waals surface area (Å²) in [5, 5.41) is 10.6. The second kappa shape index (κ2) is 4.04. The van der Waals surface area contributed by atoms with Crippen LogP contribution in [0.5, 0.6) is 0 Å². The van der Waals surface area contributed by atoms with E-state index in [9.17, 15) is 19.3 Å². The number of halogens is 1. The fraction of sp³-hybridized carbons (Fsp3) is 0.222. The Balaban J connectivity index is 3.46. The Morgan fingerprint density at radius 2 is 2.13 bits per heavy atom. The highest BCUT2D eigenvalue weighted by molar-refractivity contribution is 5.95. The summed E-state index contributed by atoms with van der Waals surface area (Å²) in [4.78, 5) is 21.0. The molecule has 0 atom stereocenters. The smallest absolute Gasteiger partial charge is 0.345 e. The molecule has 5 nitrogen and oxygen atoms in total. The van der Waals surface area contributed by atoms with Gasteiger partial charge in [-0.25, -0.2) is 9.18 Å². The Morgan fingerprint density at radius 1 is 1.53 bits per heavy atom. The van der Waals surface area contributed by atoms with Gasteiger partial charge in [0, 0.05) is 0 Å². The molecular weight excluding hydrogens is 205 g/mol. The summed E-state index contributed by atoms with van der Waals surface area (Å²) in [5.41, 5.74) is -0.628. The summed E-state index contributed by atoms with van der Waals surface area (Å²) in [6.07, 6.45) is 0. The number of nitro benzene ring substituents is 1. The number of carbonyl (C=O) groups excluding carboxylic acids is 1. The van der Waals surface area contributed by atoms with E-state index < -0.39 is 22.4 Å².